The first-order valence-corrected chi connectivity index (χ1v) is 8.05. The van der Waals surface area contributed by atoms with Crippen LogP contribution in [-0.2, 0) is 0 Å². The van der Waals surface area contributed by atoms with Crippen molar-refractivity contribution in [2.24, 2.45) is 5.92 Å². The van der Waals surface area contributed by atoms with E-state index in [9.17, 15) is 0 Å². The normalized spacial score (nSPS) is 19.3. The lowest BCUT2D eigenvalue weighted by Crippen LogP contribution is -2.31. The fraction of sp³-hybridized carbons (Fsp3) is 0.667. The summed E-state index contributed by atoms with van der Waals surface area (Å²) in [6, 6.07) is 11.7. The van der Waals surface area contributed by atoms with Crippen molar-refractivity contribution >= 4 is 0 Å². The fourth-order valence-electron chi connectivity index (χ4n) is 3.33. The molecule has 1 atom stereocenters. The Morgan fingerprint density at radius 2 is 1.63 bits per heavy atom. The summed E-state index contributed by atoms with van der Waals surface area (Å²) in [5.74, 6) is 1.57. The van der Waals surface area contributed by atoms with E-state index >= 15 is 0 Å². The van der Waals surface area contributed by atoms with Crippen molar-refractivity contribution in [2.45, 2.75) is 64.3 Å². The second kappa shape index (κ2) is 7.69. The molecular formula is C18H29N. The Kier molecular flexibility index (Phi) is 5.91. The standard InChI is InChI=1S/C18H29N/c1-15(2)19-14-18(17-12-8-5-9-13-17)16-10-6-3-4-7-11-16/h5,8-9,12-13,15-16,18-19H,3-4,6-7,10-11,14H2,1-2H3. The summed E-state index contributed by atoms with van der Waals surface area (Å²) in [7, 11) is 0. The van der Waals surface area contributed by atoms with Gasteiger partial charge in [-0.05, 0) is 30.2 Å². The minimum Gasteiger partial charge on any atom is -0.314 e. The zero-order chi connectivity index (χ0) is 13.5. The largest absolute Gasteiger partial charge is 0.314 e. The Balaban J connectivity index is 2.08. The molecule has 1 aliphatic carbocycles. The first-order chi connectivity index (χ1) is 9.27. The van der Waals surface area contributed by atoms with E-state index in [0.717, 1.165) is 12.5 Å². The highest BCUT2D eigenvalue weighted by Crippen LogP contribution is 2.34. The van der Waals surface area contributed by atoms with Crippen LogP contribution in [0.1, 0.15) is 63.9 Å². The predicted octanol–water partition coefficient (Wildman–Crippen LogP) is 4.74. The van der Waals surface area contributed by atoms with Gasteiger partial charge in [-0.2, -0.15) is 0 Å². The Morgan fingerprint density at radius 3 is 2.21 bits per heavy atom. The highest BCUT2D eigenvalue weighted by molar-refractivity contribution is 5.21. The second-order valence-corrected chi connectivity index (χ2v) is 6.33. The van der Waals surface area contributed by atoms with Crippen LogP contribution in [-0.4, -0.2) is 12.6 Å². The first kappa shape index (κ1) is 14.6. The highest BCUT2D eigenvalue weighted by atomic mass is 14.9. The van der Waals surface area contributed by atoms with E-state index in [1.54, 1.807) is 0 Å². The number of nitrogens with one attached hydrogen (secondary N) is 1. The van der Waals surface area contributed by atoms with Gasteiger partial charge in [0, 0.05) is 12.6 Å². The van der Waals surface area contributed by atoms with Crippen LogP contribution in [0.2, 0.25) is 0 Å². The van der Waals surface area contributed by atoms with Gasteiger partial charge in [-0.3, -0.25) is 0 Å². The second-order valence-electron chi connectivity index (χ2n) is 6.33. The van der Waals surface area contributed by atoms with Crippen molar-refractivity contribution in [3.05, 3.63) is 35.9 Å². The van der Waals surface area contributed by atoms with Crippen LogP contribution in [0.3, 0.4) is 0 Å². The van der Waals surface area contributed by atoms with Crippen LogP contribution < -0.4 is 5.32 Å². The molecule has 0 heterocycles. The molecule has 0 bridgehead atoms. The summed E-state index contributed by atoms with van der Waals surface area (Å²) in [5.41, 5.74) is 1.53. The van der Waals surface area contributed by atoms with Crippen molar-refractivity contribution in [2.75, 3.05) is 6.54 Å². The Bertz CT molecular complexity index is 336. The van der Waals surface area contributed by atoms with Crippen LogP contribution >= 0.6 is 0 Å². The number of benzene rings is 1. The Labute approximate surface area is 118 Å². The maximum absolute atomic E-state index is 3.66. The topological polar surface area (TPSA) is 12.0 Å². The third kappa shape index (κ3) is 4.65. The number of hydrogen-bond donors (Lipinski definition) is 1. The lowest BCUT2D eigenvalue weighted by atomic mass is 9.81. The molecule has 0 spiro atoms. The van der Waals surface area contributed by atoms with Gasteiger partial charge >= 0.3 is 0 Å². The van der Waals surface area contributed by atoms with E-state index in [4.69, 9.17) is 0 Å². The van der Waals surface area contributed by atoms with Crippen molar-refractivity contribution in [3.8, 4) is 0 Å². The zero-order valence-corrected chi connectivity index (χ0v) is 12.6. The highest BCUT2D eigenvalue weighted by Gasteiger charge is 2.24. The van der Waals surface area contributed by atoms with E-state index in [1.807, 2.05) is 0 Å². The molecule has 0 saturated heterocycles. The van der Waals surface area contributed by atoms with E-state index in [0.29, 0.717) is 12.0 Å². The van der Waals surface area contributed by atoms with E-state index in [1.165, 1.54) is 44.1 Å². The predicted molar refractivity (Wildman–Crippen MR) is 83.5 cm³/mol. The molecule has 0 aromatic heterocycles. The maximum atomic E-state index is 3.66. The molecule has 19 heavy (non-hydrogen) atoms. The lowest BCUT2D eigenvalue weighted by Gasteiger charge is -2.28. The number of hydrogen-bond acceptors (Lipinski definition) is 1. The van der Waals surface area contributed by atoms with Gasteiger partial charge in [-0.1, -0.05) is 69.9 Å². The van der Waals surface area contributed by atoms with E-state index < -0.39 is 0 Å². The Morgan fingerprint density at radius 1 is 1.00 bits per heavy atom. The molecule has 1 aromatic rings. The third-order valence-corrected chi connectivity index (χ3v) is 4.44. The van der Waals surface area contributed by atoms with Crippen LogP contribution in [0.5, 0.6) is 0 Å². The molecule has 106 valence electrons. The van der Waals surface area contributed by atoms with Gasteiger partial charge in [0.15, 0.2) is 0 Å². The van der Waals surface area contributed by atoms with Gasteiger partial charge in [0.25, 0.3) is 0 Å². The summed E-state index contributed by atoms with van der Waals surface area (Å²) in [5, 5.41) is 3.66. The molecular weight excluding hydrogens is 230 g/mol. The smallest absolute Gasteiger partial charge is 0.00251 e. The van der Waals surface area contributed by atoms with Crippen LogP contribution in [0, 0.1) is 5.92 Å². The van der Waals surface area contributed by atoms with Crippen LogP contribution in [0.4, 0.5) is 0 Å². The van der Waals surface area contributed by atoms with Crippen molar-refractivity contribution < 1.29 is 0 Å². The zero-order valence-electron chi connectivity index (χ0n) is 12.6. The molecule has 1 N–H and O–H groups in total. The molecule has 1 aromatic carbocycles. The van der Waals surface area contributed by atoms with E-state index in [-0.39, 0.29) is 0 Å². The van der Waals surface area contributed by atoms with Gasteiger partial charge in [0.1, 0.15) is 0 Å². The summed E-state index contributed by atoms with van der Waals surface area (Å²) in [6.45, 7) is 5.62. The molecule has 1 aliphatic rings. The van der Waals surface area contributed by atoms with Crippen LogP contribution in [0.15, 0.2) is 30.3 Å². The summed E-state index contributed by atoms with van der Waals surface area (Å²) >= 11 is 0. The average Bonchev–Trinajstić information content (AvgIpc) is 2.69. The lowest BCUT2D eigenvalue weighted by molar-refractivity contribution is 0.353. The quantitative estimate of drug-likeness (QED) is 0.753. The molecule has 1 saturated carbocycles. The van der Waals surface area contributed by atoms with Gasteiger partial charge in [-0.25, -0.2) is 0 Å². The van der Waals surface area contributed by atoms with Gasteiger partial charge in [-0.15, -0.1) is 0 Å². The SMILES string of the molecule is CC(C)NCC(c1ccccc1)C1CCCCCC1. The van der Waals surface area contributed by atoms with Gasteiger partial charge < -0.3 is 5.32 Å². The molecule has 1 nitrogen and oxygen atoms in total. The summed E-state index contributed by atoms with van der Waals surface area (Å²) < 4.78 is 0. The Hall–Kier alpha value is -0.820. The summed E-state index contributed by atoms with van der Waals surface area (Å²) in [6.07, 6.45) is 8.56. The van der Waals surface area contributed by atoms with Crippen molar-refractivity contribution in [1.29, 1.82) is 0 Å². The van der Waals surface area contributed by atoms with E-state index in [2.05, 4.69) is 49.5 Å². The molecule has 1 unspecified atom stereocenters. The number of rotatable bonds is 5. The fourth-order valence-corrected chi connectivity index (χ4v) is 3.33. The maximum Gasteiger partial charge on any atom is 0.00251 e. The molecule has 0 amide bonds. The molecule has 0 aliphatic heterocycles. The summed E-state index contributed by atoms with van der Waals surface area (Å²) in [4.78, 5) is 0. The third-order valence-electron chi connectivity index (χ3n) is 4.44. The molecule has 1 heteroatoms. The van der Waals surface area contributed by atoms with Crippen LogP contribution in [0.25, 0.3) is 0 Å². The van der Waals surface area contributed by atoms with Gasteiger partial charge in [0.05, 0.1) is 0 Å². The molecule has 2 rings (SSSR count). The van der Waals surface area contributed by atoms with Crippen molar-refractivity contribution in [3.63, 3.8) is 0 Å². The molecule has 1 fully saturated rings. The minimum atomic E-state index is 0.581. The van der Waals surface area contributed by atoms with Gasteiger partial charge in [0.2, 0.25) is 0 Å². The minimum absolute atomic E-state index is 0.581. The van der Waals surface area contributed by atoms with Crippen molar-refractivity contribution in [1.82, 2.24) is 5.32 Å². The monoisotopic (exact) mass is 259 g/mol. The average molecular weight is 259 g/mol. The first-order valence-electron chi connectivity index (χ1n) is 8.05. The molecule has 0 radical (unpaired) electrons.